The van der Waals surface area contributed by atoms with Crippen LogP contribution in [0.1, 0.15) is 12.8 Å². The fourth-order valence-electron chi connectivity index (χ4n) is 3.18. The molecule has 1 N–H and O–H groups in total. The van der Waals surface area contributed by atoms with Crippen LogP contribution in [-0.2, 0) is 14.6 Å². The van der Waals surface area contributed by atoms with Crippen LogP contribution in [0.2, 0.25) is 0 Å². The molecule has 0 amide bonds. The maximum atomic E-state index is 11.8. The van der Waals surface area contributed by atoms with Crippen molar-refractivity contribution in [2.75, 3.05) is 24.2 Å². The molecule has 1 saturated heterocycles. The first-order valence-corrected chi connectivity index (χ1v) is 10.3. The van der Waals surface area contributed by atoms with Gasteiger partial charge in [-0.15, -0.1) is 0 Å². The van der Waals surface area contributed by atoms with Gasteiger partial charge >= 0.3 is 11.7 Å². The van der Waals surface area contributed by atoms with Crippen molar-refractivity contribution in [1.82, 2.24) is 9.97 Å². The molecule has 0 saturated carbocycles. The predicted octanol–water partition coefficient (Wildman–Crippen LogP) is 1.76. The van der Waals surface area contributed by atoms with Crippen molar-refractivity contribution < 1.29 is 23.2 Å². The third-order valence-electron chi connectivity index (χ3n) is 4.69. The quantitative estimate of drug-likeness (QED) is 0.580. The molecule has 148 valence electrons. The molecule has 1 aliphatic rings. The Labute approximate surface area is 160 Å². The molecule has 0 aliphatic carbocycles. The number of aromatic nitrogens is 2. The second kappa shape index (κ2) is 7.50. The molecule has 28 heavy (non-hydrogen) atoms. The Balaban J connectivity index is 1.99. The second-order valence-corrected chi connectivity index (χ2v) is 8.56. The lowest BCUT2D eigenvalue weighted by atomic mass is 9.97. The zero-order chi connectivity index (χ0) is 20.5. The summed E-state index contributed by atoms with van der Waals surface area (Å²) < 4.78 is 23.2. The minimum absolute atomic E-state index is 0.0791. The average molecular weight is 406 g/mol. The molecule has 3 rings (SSSR count). The van der Waals surface area contributed by atoms with Crippen molar-refractivity contribution in [3.63, 3.8) is 0 Å². The summed E-state index contributed by atoms with van der Waals surface area (Å²) >= 11 is 0. The van der Waals surface area contributed by atoms with E-state index in [1.54, 1.807) is 4.90 Å². The van der Waals surface area contributed by atoms with Crippen LogP contribution in [0.25, 0.3) is 11.3 Å². The van der Waals surface area contributed by atoms with Crippen molar-refractivity contribution in [1.29, 1.82) is 0 Å². The summed E-state index contributed by atoms with van der Waals surface area (Å²) in [5.41, 5.74) is 0.182. The second-order valence-electron chi connectivity index (χ2n) is 6.55. The molecule has 0 bridgehead atoms. The van der Waals surface area contributed by atoms with Crippen LogP contribution in [-0.4, -0.2) is 53.7 Å². The molecule has 0 atom stereocenters. The first-order valence-electron chi connectivity index (χ1n) is 8.46. The third kappa shape index (κ3) is 3.93. The van der Waals surface area contributed by atoms with Crippen LogP contribution in [0, 0.1) is 16.0 Å². The van der Waals surface area contributed by atoms with Crippen LogP contribution in [0.5, 0.6) is 0 Å². The van der Waals surface area contributed by atoms with Crippen molar-refractivity contribution >= 4 is 27.3 Å². The van der Waals surface area contributed by atoms with Gasteiger partial charge < -0.3 is 10.0 Å². The Morgan fingerprint density at radius 2 is 1.82 bits per heavy atom. The maximum Gasteiger partial charge on any atom is 0.337 e. The Hall–Kier alpha value is -3.08. The van der Waals surface area contributed by atoms with Crippen LogP contribution >= 0.6 is 0 Å². The molecule has 1 aromatic carbocycles. The van der Waals surface area contributed by atoms with Crippen molar-refractivity contribution in [2.45, 2.75) is 17.7 Å². The van der Waals surface area contributed by atoms with Crippen LogP contribution in [0.15, 0.2) is 35.5 Å². The van der Waals surface area contributed by atoms with E-state index in [1.807, 2.05) is 0 Å². The zero-order valence-electron chi connectivity index (χ0n) is 15.0. The van der Waals surface area contributed by atoms with E-state index in [-0.39, 0.29) is 22.1 Å². The molecule has 0 spiro atoms. The molecule has 0 radical (unpaired) electrons. The Morgan fingerprint density at radius 3 is 2.32 bits per heavy atom. The van der Waals surface area contributed by atoms with Gasteiger partial charge in [0, 0.05) is 24.9 Å². The smallest absolute Gasteiger partial charge is 0.337 e. The van der Waals surface area contributed by atoms with Crippen LogP contribution < -0.4 is 4.90 Å². The first kappa shape index (κ1) is 19.7. The number of piperidine rings is 1. The van der Waals surface area contributed by atoms with Crippen molar-refractivity contribution in [2.24, 2.45) is 5.92 Å². The number of sulfone groups is 1. The van der Waals surface area contributed by atoms with Crippen LogP contribution in [0.3, 0.4) is 0 Å². The summed E-state index contributed by atoms with van der Waals surface area (Å²) in [6, 6.07) is 5.67. The largest absolute Gasteiger partial charge is 0.481 e. The molecule has 1 fully saturated rings. The highest BCUT2D eigenvalue weighted by Gasteiger charge is 2.32. The lowest BCUT2D eigenvalue weighted by molar-refractivity contribution is -0.383. The van der Waals surface area contributed by atoms with E-state index in [0.717, 1.165) is 6.26 Å². The molecular formula is C17H18N4O6S. The Bertz CT molecular complexity index is 1010. The highest BCUT2D eigenvalue weighted by molar-refractivity contribution is 7.90. The number of carbonyl (C=O) groups is 1. The monoisotopic (exact) mass is 406 g/mol. The highest BCUT2D eigenvalue weighted by Crippen LogP contribution is 2.36. The van der Waals surface area contributed by atoms with Gasteiger partial charge in [0.25, 0.3) is 0 Å². The lowest BCUT2D eigenvalue weighted by Gasteiger charge is -2.30. The number of benzene rings is 1. The molecule has 1 aliphatic heterocycles. The van der Waals surface area contributed by atoms with E-state index in [4.69, 9.17) is 5.11 Å². The number of nitrogens with zero attached hydrogens (tertiary/aromatic N) is 4. The molecule has 10 nitrogen and oxygen atoms in total. The number of hydrogen-bond acceptors (Lipinski definition) is 8. The normalized spacial score (nSPS) is 15.4. The third-order valence-corrected chi connectivity index (χ3v) is 5.81. The van der Waals surface area contributed by atoms with E-state index in [2.05, 4.69) is 9.97 Å². The van der Waals surface area contributed by atoms with Gasteiger partial charge in [-0.1, -0.05) is 12.1 Å². The van der Waals surface area contributed by atoms with E-state index in [1.165, 1.54) is 30.6 Å². The first-order chi connectivity index (χ1) is 13.2. The van der Waals surface area contributed by atoms with Gasteiger partial charge in [0.1, 0.15) is 6.33 Å². The maximum absolute atomic E-state index is 11.8. The summed E-state index contributed by atoms with van der Waals surface area (Å²) in [6.07, 6.45) is 3.03. The van der Waals surface area contributed by atoms with Gasteiger partial charge in [0.05, 0.1) is 15.7 Å². The SMILES string of the molecule is CS(=O)(=O)c1ccc(-c2ncnc(N3CCC(C(=O)O)CC3)c2[N+](=O)[O-])cc1. The predicted molar refractivity (Wildman–Crippen MR) is 99.8 cm³/mol. The summed E-state index contributed by atoms with van der Waals surface area (Å²) in [7, 11) is -3.39. The number of carboxylic acid groups (broad SMARTS) is 1. The fourth-order valence-corrected chi connectivity index (χ4v) is 3.81. The summed E-state index contributed by atoms with van der Waals surface area (Å²) in [6.45, 7) is 0.669. The molecule has 2 heterocycles. The molecule has 11 heteroatoms. The number of hydrogen-bond donors (Lipinski definition) is 1. The number of aliphatic carboxylic acids is 1. The topological polar surface area (TPSA) is 144 Å². The Morgan fingerprint density at radius 1 is 1.21 bits per heavy atom. The number of rotatable bonds is 5. The molecule has 2 aromatic rings. The minimum atomic E-state index is -3.39. The molecule has 0 unspecified atom stereocenters. The van der Waals surface area contributed by atoms with Crippen molar-refractivity contribution in [3.8, 4) is 11.3 Å². The van der Waals surface area contributed by atoms with Crippen LogP contribution in [0.4, 0.5) is 11.5 Å². The minimum Gasteiger partial charge on any atom is -0.481 e. The van der Waals surface area contributed by atoms with E-state index in [0.29, 0.717) is 31.5 Å². The van der Waals surface area contributed by atoms with E-state index < -0.39 is 26.6 Å². The van der Waals surface area contributed by atoms with Gasteiger partial charge in [0.15, 0.2) is 15.5 Å². The van der Waals surface area contributed by atoms with E-state index in [9.17, 15) is 23.3 Å². The summed E-state index contributed by atoms with van der Waals surface area (Å²) in [5, 5.41) is 20.9. The molecular weight excluding hydrogens is 388 g/mol. The highest BCUT2D eigenvalue weighted by atomic mass is 32.2. The molecule has 1 aromatic heterocycles. The number of anilines is 1. The fraction of sp³-hybridized carbons (Fsp3) is 0.353. The average Bonchev–Trinajstić information content (AvgIpc) is 2.66. The van der Waals surface area contributed by atoms with Gasteiger partial charge in [0.2, 0.25) is 5.82 Å². The van der Waals surface area contributed by atoms with Gasteiger partial charge in [-0.25, -0.2) is 18.4 Å². The summed E-state index contributed by atoms with van der Waals surface area (Å²) in [4.78, 5) is 32.2. The van der Waals surface area contributed by atoms with Gasteiger partial charge in [-0.3, -0.25) is 14.9 Å². The summed E-state index contributed by atoms with van der Waals surface area (Å²) in [5.74, 6) is -1.21. The van der Waals surface area contributed by atoms with Gasteiger partial charge in [-0.05, 0) is 25.0 Å². The van der Waals surface area contributed by atoms with Gasteiger partial charge in [-0.2, -0.15) is 0 Å². The van der Waals surface area contributed by atoms with Crippen molar-refractivity contribution in [3.05, 3.63) is 40.7 Å². The standard InChI is InChI=1S/C17H18N4O6S/c1-28(26,27)13-4-2-11(3-5-13)14-15(21(24)25)16(19-10-18-14)20-8-6-12(7-9-20)17(22)23/h2-5,10,12H,6-9H2,1H3,(H,22,23). The Kier molecular flexibility index (Phi) is 5.27. The van der Waals surface area contributed by atoms with E-state index >= 15 is 0 Å². The lowest BCUT2D eigenvalue weighted by Crippen LogP contribution is -2.37. The zero-order valence-corrected chi connectivity index (χ0v) is 15.8. The number of nitro groups is 1. The number of carboxylic acids is 1.